The van der Waals surface area contributed by atoms with Crippen molar-refractivity contribution >= 4 is 5.91 Å². The van der Waals surface area contributed by atoms with Gasteiger partial charge in [-0.05, 0) is 43.6 Å². The molecule has 0 saturated carbocycles. The number of rotatable bonds is 5. The van der Waals surface area contributed by atoms with Crippen molar-refractivity contribution in [3.05, 3.63) is 47.2 Å². The number of nitrogens with one attached hydrogen (secondary N) is 1. The van der Waals surface area contributed by atoms with E-state index in [0.29, 0.717) is 12.1 Å². The Balaban J connectivity index is 1.71. The number of hydrogen-bond acceptors (Lipinski definition) is 6. The zero-order chi connectivity index (χ0) is 17.8. The van der Waals surface area contributed by atoms with Gasteiger partial charge in [-0.25, -0.2) is 9.37 Å². The predicted octanol–water partition coefficient (Wildman–Crippen LogP) is 1.55. The molecule has 0 spiro atoms. The standard InChI is InChI=1S/C17H19FN4O3/c18-12-5-3-11(4-6-12)9-19-16(24)14-15(23)17(25)21-13(20-14)10-22-7-1-2-8-22/h3-6,23H,1-2,7-10H2,(H,19,24)(H,20,21,25). The maximum atomic E-state index is 12.9. The van der Waals surface area contributed by atoms with Crippen LogP contribution in [0.15, 0.2) is 24.3 Å². The SMILES string of the molecule is O=C(NCc1ccc(F)cc1)c1nc(CN2CCCC2)nc(O)c1O. The first-order chi connectivity index (χ1) is 12.0. The number of nitrogens with zero attached hydrogens (tertiary/aromatic N) is 3. The maximum absolute atomic E-state index is 12.9. The third-order valence-corrected chi connectivity index (χ3v) is 4.06. The van der Waals surface area contributed by atoms with Crippen LogP contribution in [-0.4, -0.2) is 44.1 Å². The molecule has 2 heterocycles. The zero-order valence-electron chi connectivity index (χ0n) is 13.6. The summed E-state index contributed by atoms with van der Waals surface area (Å²) in [5.74, 6) is -1.98. The fourth-order valence-electron chi connectivity index (χ4n) is 2.73. The smallest absolute Gasteiger partial charge is 0.274 e. The van der Waals surface area contributed by atoms with Crippen molar-refractivity contribution in [2.75, 3.05) is 13.1 Å². The molecule has 1 aromatic heterocycles. The van der Waals surface area contributed by atoms with Crippen molar-refractivity contribution in [3.8, 4) is 11.6 Å². The minimum absolute atomic E-state index is 0.144. The first kappa shape index (κ1) is 17.1. The van der Waals surface area contributed by atoms with Crippen LogP contribution in [-0.2, 0) is 13.1 Å². The summed E-state index contributed by atoms with van der Waals surface area (Å²) in [5, 5.41) is 22.3. The van der Waals surface area contributed by atoms with E-state index in [2.05, 4.69) is 20.2 Å². The number of halogens is 1. The van der Waals surface area contributed by atoms with Crippen LogP contribution in [0.1, 0.15) is 34.7 Å². The van der Waals surface area contributed by atoms with Crippen molar-refractivity contribution in [3.63, 3.8) is 0 Å². The number of likely N-dealkylation sites (tertiary alicyclic amines) is 1. The number of aromatic hydroxyl groups is 2. The lowest BCUT2D eigenvalue weighted by Crippen LogP contribution is -2.26. The van der Waals surface area contributed by atoms with Crippen LogP contribution >= 0.6 is 0 Å². The molecule has 0 radical (unpaired) electrons. The van der Waals surface area contributed by atoms with Gasteiger partial charge in [0.15, 0.2) is 5.69 Å². The lowest BCUT2D eigenvalue weighted by atomic mass is 10.2. The molecule has 0 bridgehead atoms. The largest absolute Gasteiger partial charge is 0.501 e. The molecule has 132 valence electrons. The average molecular weight is 346 g/mol. The molecule has 25 heavy (non-hydrogen) atoms. The topological polar surface area (TPSA) is 98.6 Å². The Hall–Kier alpha value is -2.74. The predicted molar refractivity (Wildman–Crippen MR) is 87.4 cm³/mol. The molecule has 3 rings (SSSR count). The van der Waals surface area contributed by atoms with Crippen molar-refractivity contribution in [1.29, 1.82) is 0 Å². The van der Waals surface area contributed by atoms with Crippen LogP contribution in [0.25, 0.3) is 0 Å². The third-order valence-electron chi connectivity index (χ3n) is 4.06. The van der Waals surface area contributed by atoms with Crippen molar-refractivity contribution in [1.82, 2.24) is 20.2 Å². The van der Waals surface area contributed by atoms with Crippen molar-refractivity contribution in [2.45, 2.75) is 25.9 Å². The third kappa shape index (κ3) is 4.21. The molecular weight excluding hydrogens is 327 g/mol. The van der Waals surface area contributed by atoms with E-state index in [1.165, 1.54) is 12.1 Å². The van der Waals surface area contributed by atoms with E-state index in [0.717, 1.165) is 25.9 Å². The summed E-state index contributed by atoms with van der Waals surface area (Å²) in [6.45, 7) is 2.38. The Morgan fingerprint density at radius 1 is 1.16 bits per heavy atom. The monoisotopic (exact) mass is 346 g/mol. The normalized spacial score (nSPS) is 14.6. The summed E-state index contributed by atoms with van der Waals surface area (Å²) in [4.78, 5) is 22.3. The highest BCUT2D eigenvalue weighted by atomic mass is 19.1. The molecule has 1 aromatic carbocycles. The summed E-state index contributed by atoms with van der Waals surface area (Å²) in [6, 6.07) is 5.69. The molecule has 1 aliphatic heterocycles. The molecule has 7 nitrogen and oxygen atoms in total. The van der Waals surface area contributed by atoms with Crippen LogP contribution in [0, 0.1) is 5.82 Å². The number of amides is 1. The number of hydrogen-bond donors (Lipinski definition) is 3. The summed E-state index contributed by atoms with van der Waals surface area (Å²) in [5.41, 5.74) is 0.425. The molecule has 1 aliphatic rings. The lowest BCUT2D eigenvalue weighted by molar-refractivity contribution is 0.0941. The molecule has 2 aromatic rings. The summed E-state index contributed by atoms with van der Waals surface area (Å²) in [6.07, 6.45) is 2.18. The van der Waals surface area contributed by atoms with Gasteiger partial charge in [0, 0.05) is 6.54 Å². The fraction of sp³-hybridized carbons (Fsp3) is 0.353. The van der Waals surface area contributed by atoms with Gasteiger partial charge >= 0.3 is 0 Å². The van der Waals surface area contributed by atoms with Gasteiger partial charge in [-0.1, -0.05) is 12.1 Å². The van der Waals surface area contributed by atoms with Gasteiger partial charge in [-0.3, -0.25) is 9.69 Å². The Bertz CT molecular complexity index is 761. The number of aromatic nitrogens is 2. The van der Waals surface area contributed by atoms with Gasteiger partial charge in [-0.2, -0.15) is 4.98 Å². The second-order valence-electron chi connectivity index (χ2n) is 5.95. The van der Waals surface area contributed by atoms with E-state index < -0.39 is 17.5 Å². The molecule has 0 aliphatic carbocycles. The summed E-state index contributed by atoms with van der Waals surface area (Å²) >= 11 is 0. The molecular formula is C17H19FN4O3. The van der Waals surface area contributed by atoms with Crippen molar-refractivity contribution in [2.24, 2.45) is 0 Å². The second kappa shape index (κ2) is 7.43. The van der Waals surface area contributed by atoms with Gasteiger partial charge in [-0.15, -0.1) is 0 Å². The minimum atomic E-state index is -0.651. The number of carbonyl (C=O) groups is 1. The van der Waals surface area contributed by atoms with Gasteiger partial charge in [0.25, 0.3) is 11.8 Å². The van der Waals surface area contributed by atoms with E-state index in [1.54, 1.807) is 12.1 Å². The van der Waals surface area contributed by atoms with Crippen LogP contribution in [0.4, 0.5) is 4.39 Å². The highest BCUT2D eigenvalue weighted by Gasteiger charge is 2.21. The van der Waals surface area contributed by atoms with Crippen LogP contribution in [0.5, 0.6) is 11.6 Å². The molecule has 3 N–H and O–H groups in total. The molecule has 0 atom stereocenters. The van der Waals surface area contributed by atoms with Crippen molar-refractivity contribution < 1.29 is 19.4 Å². The lowest BCUT2D eigenvalue weighted by Gasteiger charge is -2.14. The first-order valence-corrected chi connectivity index (χ1v) is 8.07. The Labute approximate surface area is 144 Å². The van der Waals surface area contributed by atoms with Gasteiger partial charge < -0.3 is 15.5 Å². The quantitative estimate of drug-likeness (QED) is 0.760. The molecule has 8 heteroatoms. The average Bonchev–Trinajstić information content (AvgIpc) is 3.10. The highest BCUT2D eigenvalue weighted by molar-refractivity contribution is 5.95. The second-order valence-corrected chi connectivity index (χ2v) is 5.95. The van der Waals surface area contributed by atoms with Gasteiger partial charge in [0.05, 0.1) is 6.54 Å². The Morgan fingerprint density at radius 3 is 2.52 bits per heavy atom. The minimum Gasteiger partial charge on any atom is -0.501 e. The number of benzene rings is 1. The van der Waals surface area contributed by atoms with Crippen LogP contribution in [0.3, 0.4) is 0 Å². The number of carbonyl (C=O) groups excluding carboxylic acids is 1. The van der Waals surface area contributed by atoms with E-state index in [-0.39, 0.29) is 23.9 Å². The van der Waals surface area contributed by atoms with Crippen LogP contribution in [0.2, 0.25) is 0 Å². The molecule has 1 fully saturated rings. The highest BCUT2D eigenvalue weighted by Crippen LogP contribution is 2.26. The molecule has 1 saturated heterocycles. The van der Waals surface area contributed by atoms with Crippen LogP contribution < -0.4 is 5.32 Å². The molecule has 1 amide bonds. The maximum Gasteiger partial charge on any atom is 0.274 e. The Kier molecular flexibility index (Phi) is 5.08. The zero-order valence-corrected chi connectivity index (χ0v) is 13.6. The summed E-state index contributed by atoms with van der Waals surface area (Å²) in [7, 11) is 0. The van der Waals surface area contributed by atoms with Gasteiger partial charge in [0.2, 0.25) is 5.75 Å². The Morgan fingerprint density at radius 2 is 1.84 bits per heavy atom. The molecule has 0 unspecified atom stereocenters. The van der Waals surface area contributed by atoms with Gasteiger partial charge in [0.1, 0.15) is 11.6 Å². The van der Waals surface area contributed by atoms with E-state index in [4.69, 9.17) is 0 Å². The van der Waals surface area contributed by atoms with E-state index in [9.17, 15) is 19.4 Å². The van der Waals surface area contributed by atoms with E-state index in [1.807, 2.05) is 0 Å². The first-order valence-electron chi connectivity index (χ1n) is 8.07. The summed E-state index contributed by atoms with van der Waals surface area (Å²) < 4.78 is 12.9. The van der Waals surface area contributed by atoms with E-state index >= 15 is 0 Å². The fourth-order valence-corrected chi connectivity index (χ4v) is 2.73.